The number of pyridine rings is 1. The van der Waals surface area contributed by atoms with Crippen LogP contribution >= 0.6 is 0 Å². The van der Waals surface area contributed by atoms with Gasteiger partial charge < -0.3 is 11.1 Å². The third kappa shape index (κ3) is 2.16. The Morgan fingerprint density at radius 3 is 2.65 bits per heavy atom. The van der Waals surface area contributed by atoms with Crippen LogP contribution in [0, 0.1) is 12.7 Å². The lowest BCUT2D eigenvalue weighted by Gasteiger charge is -2.13. The normalized spacial score (nSPS) is 10.7. The molecule has 0 atom stereocenters. The van der Waals surface area contributed by atoms with Crippen molar-refractivity contribution < 1.29 is 4.39 Å². The lowest BCUT2D eigenvalue weighted by atomic mass is 10.1. The number of rotatable bonds is 2. The van der Waals surface area contributed by atoms with Crippen molar-refractivity contribution in [1.82, 2.24) is 4.98 Å². The highest BCUT2D eigenvalue weighted by Gasteiger charge is 2.06. The number of anilines is 3. The molecule has 1 aromatic heterocycles. The van der Waals surface area contributed by atoms with E-state index in [1.54, 1.807) is 18.5 Å². The fourth-order valence-corrected chi connectivity index (χ4v) is 2.23. The fraction of sp³-hybridized carbons (Fsp3) is 0.0625. The number of aromatic nitrogens is 1. The van der Waals surface area contributed by atoms with Crippen molar-refractivity contribution in [3.8, 4) is 0 Å². The first kappa shape index (κ1) is 12.4. The average molecular weight is 267 g/mol. The Morgan fingerprint density at radius 1 is 1.05 bits per heavy atom. The van der Waals surface area contributed by atoms with Crippen LogP contribution in [0.5, 0.6) is 0 Å². The summed E-state index contributed by atoms with van der Waals surface area (Å²) in [5.74, 6) is -0.239. The van der Waals surface area contributed by atoms with Crippen molar-refractivity contribution in [3.63, 3.8) is 0 Å². The van der Waals surface area contributed by atoms with Gasteiger partial charge >= 0.3 is 0 Å². The summed E-state index contributed by atoms with van der Waals surface area (Å²) in [6, 6.07) is 10.3. The molecule has 0 spiro atoms. The second kappa shape index (κ2) is 4.81. The molecule has 0 aliphatic heterocycles. The quantitative estimate of drug-likeness (QED) is 0.690. The number of aryl methyl sites for hydroxylation is 1. The molecule has 0 unspecified atom stereocenters. The summed E-state index contributed by atoms with van der Waals surface area (Å²) in [5, 5.41) is 5.20. The summed E-state index contributed by atoms with van der Waals surface area (Å²) >= 11 is 0. The minimum Gasteiger partial charge on any atom is -0.398 e. The number of nitrogen functional groups attached to an aromatic ring is 1. The highest BCUT2D eigenvalue weighted by Crippen LogP contribution is 2.30. The second-order valence-corrected chi connectivity index (χ2v) is 4.71. The molecular formula is C16H14FN3. The fourth-order valence-electron chi connectivity index (χ4n) is 2.23. The monoisotopic (exact) mass is 267 g/mol. The van der Waals surface area contributed by atoms with E-state index in [4.69, 9.17) is 5.73 Å². The zero-order valence-corrected chi connectivity index (χ0v) is 11.0. The van der Waals surface area contributed by atoms with Gasteiger partial charge in [0.2, 0.25) is 0 Å². The Balaban J connectivity index is 2.09. The standard InChI is InChI=1S/C16H14FN3/c1-10-8-11(17)2-4-15(10)20-16-5-3-14(18)12-6-7-19-9-13(12)16/h2-9,20H,18H2,1H3. The van der Waals surface area contributed by atoms with Gasteiger partial charge in [0.25, 0.3) is 0 Å². The van der Waals surface area contributed by atoms with E-state index in [9.17, 15) is 4.39 Å². The van der Waals surface area contributed by atoms with Crippen LogP contribution in [-0.2, 0) is 0 Å². The molecule has 20 heavy (non-hydrogen) atoms. The largest absolute Gasteiger partial charge is 0.398 e. The molecular weight excluding hydrogens is 253 g/mol. The van der Waals surface area contributed by atoms with Gasteiger partial charge in [-0.1, -0.05) is 0 Å². The van der Waals surface area contributed by atoms with Crippen molar-refractivity contribution in [1.29, 1.82) is 0 Å². The van der Waals surface area contributed by atoms with Gasteiger partial charge in [0, 0.05) is 40.2 Å². The molecule has 0 saturated heterocycles. The molecule has 2 aromatic carbocycles. The van der Waals surface area contributed by atoms with Gasteiger partial charge in [-0.3, -0.25) is 4.98 Å². The Hall–Kier alpha value is -2.62. The number of hydrogen-bond donors (Lipinski definition) is 2. The highest BCUT2D eigenvalue weighted by atomic mass is 19.1. The molecule has 0 aliphatic carbocycles. The molecule has 3 aromatic rings. The molecule has 4 heteroatoms. The third-order valence-electron chi connectivity index (χ3n) is 3.31. The Labute approximate surface area is 116 Å². The number of benzene rings is 2. The van der Waals surface area contributed by atoms with Crippen LogP contribution < -0.4 is 11.1 Å². The van der Waals surface area contributed by atoms with E-state index in [-0.39, 0.29) is 5.82 Å². The van der Waals surface area contributed by atoms with E-state index in [0.717, 1.165) is 27.7 Å². The van der Waals surface area contributed by atoms with Gasteiger partial charge in [-0.15, -0.1) is 0 Å². The van der Waals surface area contributed by atoms with E-state index in [2.05, 4.69) is 10.3 Å². The first-order valence-corrected chi connectivity index (χ1v) is 6.30. The predicted octanol–water partition coefficient (Wildman–Crippen LogP) is 4.01. The molecule has 3 N–H and O–H groups in total. The number of nitrogens with one attached hydrogen (secondary N) is 1. The minimum absolute atomic E-state index is 0.239. The van der Waals surface area contributed by atoms with Crippen LogP contribution in [0.4, 0.5) is 21.5 Å². The van der Waals surface area contributed by atoms with Crippen molar-refractivity contribution in [2.24, 2.45) is 0 Å². The van der Waals surface area contributed by atoms with E-state index >= 15 is 0 Å². The molecule has 3 rings (SSSR count). The Kier molecular flexibility index (Phi) is 2.99. The summed E-state index contributed by atoms with van der Waals surface area (Å²) in [7, 11) is 0. The van der Waals surface area contributed by atoms with Crippen LogP contribution in [0.15, 0.2) is 48.8 Å². The number of nitrogens with two attached hydrogens (primary N) is 1. The first-order chi connectivity index (χ1) is 9.65. The average Bonchev–Trinajstić information content (AvgIpc) is 2.45. The van der Waals surface area contributed by atoms with Crippen molar-refractivity contribution in [3.05, 3.63) is 60.2 Å². The smallest absolute Gasteiger partial charge is 0.123 e. The molecule has 100 valence electrons. The second-order valence-electron chi connectivity index (χ2n) is 4.71. The van der Waals surface area contributed by atoms with Gasteiger partial charge in [-0.25, -0.2) is 4.39 Å². The molecule has 0 aliphatic rings. The lowest BCUT2D eigenvalue weighted by molar-refractivity contribution is 0.627. The van der Waals surface area contributed by atoms with Crippen molar-refractivity contribution >= 4 is 27.8 Å². The number of nitrogens with zero attached hydrogens (tertiary/aromatic N) is 1. The molecule has 0 amide bonds. The van der Waals surface area contributed by atoms with Crippen molar-refractivity contribution in [2.45, 2.75) is 6.92 Å². The molecule has 1 heterocycles. The zero-order valence-electron chi connectivity index (χ0n) is 11.0. The molecule has 0 bridgehead atoms. The summed E-state index contributed by atoms with van der Waals surface area (Å²) in [6.07, 6.45) is 3.48. The minimum atomic E-state index is -0.239. The SMILES string of the molecule is Cc1cc(F)ccc1Nc1ccc(N)c2ccncc12. The zero-order chi connectivity index (χ0) is 14.1. The van der Waals surface area contributed by atoms with Crippen LogP contribution in [-0.4, -0.2) is 4.98 Å². The van der Waals surface area contributed by atoms with E-state index < -0.39 is 0 Å². The highest BCUT2D eigenvalue weighted by molar-refractivity contribution is 6.01. The first-order valence-electron chi connectivity index (χ1n) is 6.30. The maximum absolute atomic E-state index is 13.1. The van der Waals surface area contributed by atoms with Gasteiger partial charge in [-0.05, 0) is 48.9 Å². The molecule has 3 nitrogen and oxygen atoms in total. The molecule has 0 radical (unpaired) electrons. The van der Waals surface area contributed by atoms with Gasteiger partial charge in [0.15, 0.2) is 0 Å². The topological polar surface area (TPSA) is 50.9 Å². The number of fused-ring (bicyclic) bond motifs is 1. The van der Waals surface area contributed by atoms with E-state index in [1.165, 1.54) is 12.1 Å². The summed E-state index contributed by atoms with van der Waals surface area (Å²) < 4.78 is 13.1. The van der Waals surface area contributed by atoms with Crippen LogP contribution in [0.2, 0.25) is 0 Å². The summed E-state index contributed by atoms with van der Waals surface area (Å²) in [4.78, 5) is 4.14. The maximum Gasteiger partial charge on any atom is 0.123 e. The third-order valence-corrected chi connectivity index (χ3v) is 3.31. The van der Waals surface area contributed by atoms with Gasteiger partial charge in [0.05, 0.1) is 0 Å². The van der Waals surface area contributed by atoms with Gasteiger partial charge in [0.1, 0.15) is 5.82 Å². The van der Waals surface area contributed by atoms with Crippen molar-refractivity contribution in [2.75, 3.05) is 11.1 Å². The molecule has 0 saturated carbocycles. The number of halogens is 1. The maximum atomic E-state index is 13.1. The Morgan fingerprint density at radius 2 is 1.85 bits per heavy atom. The van der Waals surface area contributed by atoms with Gasteiger partial charge in [-0.2, -0.15) is 0 Å². The predicted molar refractivity (Wildman–Crippen MR) is 80.6 cm³/mol. The van der Waals surface area contributed by atoms with Crippen LogP contribution in [0.1, 0.15) is 5.56 Å². The Bertz CT molecular complexity index is 784. The van der Waals surface area contributed by atoms with Crippen LogP contribution in [0.3, 0.4) is 0 Å². The lowest BCUT2D eigenvalue weighted by Crippen LogP contribution is -1.96. The van der Waals surface area contributed by atoms with Crippen LogP contribution in [0.25, 0.3) is 10.8 Å². The number of hydrogen-bond acceptors (Lipinski definition) is 3. The van der Waals surface area contributed by atoms with E-state index in [0.29, 0.717) is 5.69 Å². The summed E-state index contributed by atoms with van der Waals surface area (Å²) in [6.45, 7) is 1.86. The summed E-state index contributed by atoms with van der Waals surface area (Å²) in [5.41, 5.74) is 9.28. The van der Waals surface area contributed by atoms with E-state index in [1.807, 2.05) is 25.1 Å². The molecule has 0 fully saturated rings.